The van der Waals surface area contributed by atoms with Crippen LogP contribution in [0.2, 0.25) is 0 Å². The van der Waals surface area contributed by atoms with Crippen LogP contribution in [0.15, 0.2) is 60.2 Å². The smallest absolute Gasteiger partial charge is 0.0991 e. The van der Waals surface area contributed by atoms with Crippen molar-refractivity contribution in [3.05, 3.63) is 65.8 Å². The van der Waals surface area contributed by atoms with Gasteiger partial charge in [0.2, 0.25) is 0 Å². The Morgan fingerprint density at radius 2 is 2.00 bits per heavy atom. The minimum Gasteiger partial charge on any atom is -0.363 e. The first-order valence-corrected chi connectivity index (χ1v) is 5.89. The number of nitrogens with zero attached hydrogens (tertiary/aromatic N) is 2. The summed E-state index contributed by atoms with van der Waals surface area (Å²) < 4.78 is 0. The van der Waals surface area contributed by atoms with Crippen LogP contribution in [0, 0.1) is 11.3 Å². The lowest BCUT2D eigenvalue weighted by Gasteiger charge is -2.16. The zero-order chi connectivity index (χ0) is 13.1. The van der Waals surface area contributed by atoms with Gasteiger partial charge in [0.25, 0.3) is 0 Å². The van der Waals surface area contributed by atoms with E-state index in [1.165, 1.54) is 5.57 Å². The highest BCUT2D eigenvalue weighted by molar-refractivity contribution is 5.58. The maximum atomic E-state index is 8.78. The molecule has 0 aliphatic carbocycles. The zero-order valence-electron chi connectivity index (χ0n) is 10.6. The maximum absolute atomic E-state index is 8.78. The fraction of sp³-hybridized carbons (Fsp3) is 0.188. The average molecular weight is 236 g/mol. The molecule has 0 atom stereocenters. The predicted molar refractivity (Wildman–Crippen MR) is 75.4 cm³/mol. The van der Waals surface area contributed by atoms with Crippen molar-refractivity contribution in [2.24, 2.45) is 0 Å². The third kappa shape index (κ3) is 2.52. The van der Waals surface area contributed by atoms with E-state index in [4.69, 9.17) is 5.26 Å². The van der Waals surface area contributed by atoms with Crippen LogP contribution >= 0.6 is 0 Å². The Balaban J connectivity index is 2.19. The number of allylic oxidation sites excluding steroid dienone is 2. The lowest BCUT2D eigenvalue weighted by molar-refractivity contribution is 1.01. The second-order valence-corrected chi connectivity index (χ2v) is 4.63. The van der Waals surface area contributed by atoms with Crippen LogP contribution < -0.4 is 4.90 Å². The first-order chi connectivity index (χ1) is 8.60. The zero-order valence-corrected chi connectivity index (χ0v) is 10.6. The van der Waals surface area contributed by atoms with Crippen LogP contribution in [-0.2, 0) is 0 Å². The van der Waals surface area contributed by atoms with Crippen LogP contribution in [0.25, 0.3) is 0 Å². The highest BCUT2D eigenvalue weighted by Crippen LogP contribution is 2.27. The molecule has 90 valence electrons. The highest BCUT2D eigenvalue weighted by atomic mass is 15.1. The molecule has 2 rings (SSSR count). The Labute approximate surface area is 108 Å². The Bertz CT molecular complexity index is 556. The highest BCUT2D eigenvalue weighted by Gasteiger charge is 2.20. The van der Waals surface area contributed by atoms with Crippen molar-refractivity contribution >= 4 is 5.69 Å². The normalized spacial score (nSPS) is 17.0. The Hall–Kier alpha value is -2.27. The first kappa shape index (κ1) is 12.2. The van der Waals surface area contributed by atoms with Crippen LogP contribution in [0.1, 0.15) is 12.5 Å². The molecule has 1 aromatic carbocycles. The van der Waals surface area contributed by atoms with Gasteiger partial charge in [-0.25, -0.2) is 0 Å². The number of anilines is 1. The molecular formula is C16H16N2. The number of rotatable bonds is 2. The van der Waals surface area contributed by atoms with E-state index in [1.54, 1.807) is 0 Å². The molecule has 0 unspecified atom stereocenters. The van der Waals surface area contributed by atoms with Gasteiger partial charge in [0, 0.05) is 18.8 Å². The fourth-order valence-electron chi connectivity index (χ4n) is 2.08. The molecule has 0 bridgehead atoms. The topological polar surface area (TPSA) is 27.0 Å². The van der Waals surface area contributed by atoms with Crippen LogP contribution in [0.4, 0.5) is 5.69 Å². The largest absolute Gasteiger partial charge is 0.363 e. The molecule has 0 N–H and O–H groups in total. The number of hydrogen-bond acceptors (Lipinski definition) is 2. The van der Waals surface area contributed by atoms with E-state index in [1.807, 2.05) is 31.2 Å². The van der Waals surface area contributed by atoms with Gasteiger partial charge in [-0.15, -0.1) is 0 Å². The van der Waals surface area contributed by atoms with Crippen molar-refractivity contribution in [3.63, 3.8) is 0 Å². The van der Waals surface area contributed by atoms with Crippen LogP contribution in [-0.4, -0.2) is 13.1 Å². The van der Waals surface area contributed by atoms with Gasteiger partial charge >= 0.3 is 0 Å². The second kappa shape index (κ2) is 4.93. The van der Waals surface area contributed by atoms with Crippen molar-refractivity contribution in [2.45, 2.75) is 6.92 Å². The van der Waals surface area contributed by atoms with Crippen molar-refractivity contribution in [2.75, 3.05) is 18.0 Å². The fourth-order valence-corrected chi connectivity index (χ4v) is 2.08. The molecule has 1 aromatic rings. The minimum absolute atomic E-state index is 0.689. The van der Waals surface area contributed by atoms with E-state index in [2.05, 4.69) is 30.2 Å². The lowest BCUT2D eigenvalue weighted by Crippen LogP contribution is -2.17. The predicted octanol–water partition coefficient (Wildman–Crippen LogP) is 3.44. The summed E-state index contributed by atoms with van der Waals surface area (Å²) in [6.07, 6.45) is 2.09. The summed E-state index contributed by atoms with van der Waals surface area (Å²) in [5.41, 5.74) is 5.25. The standard InChI is InChI=1S/C16H16N2/c1-12(2)8-15-11-18(10-13(15)3)16-6-4-14(9-17)5-7-16/h4-8H,1,3,10-11H2,2H3/b15-8-. The van der Waals surface area contributed by atoms with E-state index < -0.39 is 0 Å². The van der Waals surface area contributed by atoms with Gasteiger partial charge in [-0.3, -0.25) is 0 Å². The molecule has 2 nitrogen and oxygen atoms in total. The lowest BCUT2D eigenvalue weighted by atomic mass is 10.1. The molecule has 1 aliphatic rings. The monoisotopic (exact) mass is 236 g/mol. The second-order valence-electron chi connectivity index (χ2n) is 4.63. The van der Waals surface area contributed by atoms with Gasteiger partial charge in [0.05, 0.1) is 11.6 Å². The molecule has 0 radical (unpaired) electrons. The Morgan fingerprint density at radius 1 is 1.33 bits per heavy atom. The summed E-state index contributed by atoms with van der Waals surface area (Å²) in [6.45, 7) is 11.7. The summed E-state index contributed by atoms with van der Waals surface area (Å²) in [6, 6.07) is 9.78. The van der Waals surface area contributed by atoms with Crippen molar-refractivity contribution in [1.29, 1.82) is 5.26 Å². The molecular weight excluding hydrogens is 220 g/mol. The molecule has 0 spiro atoms. The number of hydrogen-bond donors (Lipinski definition) is 0. The maximum Gasteiger partial charge on any atom is 0.0991 e. The summed E-state index contributed by atoms with van der Waals surface area (Å²) in [5, 5.41) is 8.78. The van der Waals surface area contributed by atoms with Gasteiger partial charge < -0.3 is 4.90 Å². The SMILES string of the molecule is C=C(C)/C=C1/CN(c2ccc(C#N)cc2)CC1=C. The molecule has 0 amide bonds. The third-order valence-electron chi connectivity index (χ3n) is 2.98. The van der Waals surface area contributed by atoms with Gasteiger partial charge in [-0.2, -0.15) is 5.26 Å². The summed E-state index contributed by atoms with van der Waals surface area (Å²) in [7, 11) is 0. The van der Waals surface area contributed by atoms with Gasteiger partial charge in [0.15, 0.2) is 0 Å². The molecule has 1 aliphatic heterocycles. The van der Waals surface area contributed by atoms with Crippen molar-refractivity contribution in [3.8, 4) is 6.07 Å². The quantitative estimate of drug-likeness (QED) is 0.786. The molecule has 0 saturated carbocycles. The Morgan fingerprint density at radius 3 is 2.56 bits per heavy atom. The number of benzene rings is 1. The summed E-state index contributed by atoms with van der Waals surface area (Å²) in [4.78, 5) is 2.25. The molecule has 18 heavy (non-hydrogen) atoms. The van der Waals surface area contributed by atoms with Crippen LogP contribution in [0.5, 0.6) is 0 Å². The van der Waals surface area contributed by atoms with Gasteiger partial charge in [0.1, 0.15) is 0 Å². The Kier molecular flexibility index (Phi) is 3.34. The van der Waals surface area contributed by atoms with E-state index >= 15 is 0 Å². The average Bonchev–Trinajstić information content (AvgIpc) is 2.70. The number of nitriles is 1. The first-order valence-electron chi connectivity index (χ1n) is 5.89. The third-order valence-corrected chi connectivity index (χ3v) is 2.98. The van der Waals surface area contributed by atoms with Gasteiger partial charge in [-0.1, -0.05) is 24.8 Å². The van der Waals surface area contributed by atoms with E-state index in [0.717, 1.165) is 29.9 Å². The molecule has 0 aromatic heterocycles. The molecule has 1 heterocycles. The minimum atomic E-state index is 0.689. The summed E-state index contributed by atoms with van der Waals surface area (Å²) in [5.74, 6) is 0. The summed E-state index contributed by atoms with van der Waals surface area (Å²) >= 11 is 0. The van der Waals surface area contributed by atoms with E-state index in [-0.39, 0.29) is 0 Å². The van der Waals surface area contributed by atoms with Gasteiger partial charge in [-0.05, 0) is 42.3 Å². The molecule has 2 heteroatoms. The molecule has 1 saturated heterocycles. The van der Waals surface area contributed by atoms with Crippen molar-refractivity contribution in [1.82, 2.24) is 0 Å². The van der Waals surface area contributed by atoms with Crippen molar-refractivity contribution < 1.29 is 0 Å². The van der Waals surface area contributed by atoms with Crippen LogP contribution in [0.3, 0.4) is 0 Å². The molecule has 1 fully saturated rings. The van der Waals surface area contributed by atoms with E-state index in [9.17, 15) is 0 Å². The van der Waals surface area contributed by atoms with E-state index in [0.29, 0.717) is 5.56 Å².